The molecular weight excluding hydrogens is 425 g/mol. The van der Waals surface area contributed by atoms with Crippen LogP contribution in [0.5, 0.6) is 0 Å². The summed E-state index contributed by atoms with van der Waals surface area (Å²) in [6, 6.07) is 18.8. The van der Waals surface area contributed by atoms with E-state index >= 15 is 0 Å². The van der Waals surface area contributed by atoms with E-state index in [1.54, 1.807) is 54.4 Å². The van der Waals surface area contributed by atoms with Gasteiger partial charge >= 0.3 is 0 Å². The summed E-state index contributed by atoms with van der Waals surface area (Å²) in [6.45, 7) is 0.338. The average molecular weight is 445 g/mol. The number of likely N-dealkylation sites (N-methyl/N-ethyl adjacent to an activating group) is 1. The van der Waals surface area contributed by atoms with Crippen molar-refractivity contribution in [3.63, 3.8) is 0 Å². The lowest BCUT2D eigenvalue weighted by atomic mass is 9.70. The molecule has 2 aliphatic heterocycles. The summed E-state index contributed by atoms with van der Waals surface area (Å²) in [5.74, 6) is -2.43. The number of hydrogen-bond donors (Lipinski definition) is 1. The van der Waals surface area contributed by atoms with Crippen LogP contribution in [0.3, 0.4) is 0 Å². The van der Waals surface area contributed by atoms with Crippen molar-refractivity contribution in [2.24, 2.45) is 5.92 Å². The standard InChI is InChI=1S/C25H20FN3O4/c1-28-14-19(15-7-10-18(11-8-15)29(32)33)22(23(30)16-5-3-2-4-6-16)25(28)20-13-17(26)9-12-21(20)27-24(25)31/h2-13,19,22H,14H2,1H3,(H,27,31)/t19-,22+,25-/m1/s1. The summed E-state index contributed by atoms with van der Waals surface area (Å²) in [7, 11) is 1.75. The van der Waals surface area contributed by atoms with Crippen LogP contribution in [0.2, 0.25) is 0 Å². The molecule has 3 aromatic rings. The van der Waals surface area contributed by atoms with Gasteiger partial charge in [0.15, 0.2) is 5.78 Å². The van der Waals surface area contributed by atoms with E-state index < -0.39 is 28.1 Å². The fraction of sp³-hybridized carbons (Fsp3) is 0.200. The number of nitrogens with one attached hydrogen (secondary N) is 1. The molecule has 2 aliphatic rings. The van der Waals surface area contributed by atoms with Crippen molar-refractivity contribution in [1.29, 1.82) is 0 Å². The third-order valence-corrected chi connectivity index (χ3v) is 6.78. The molecule has 0 radical (unpaired) electrons. The van der Waals surface area contributed by atoms with Crippen LogP contribution in [-0.4, -0.2) is 35.1 Å². The molecule has 0 bridgehead atoms. The van der Waals surface area contributed by atoms with Crippen LogP contribution in [0.25, 0.3) is 0 Å². The molecule has 3 aromatic carbocycles. The van der Waals surface area contributed by atoms with Gasteiger partial charge in [0.2, 0.25) is 5.91 Å². The third kappa shape index (κ3) is 3.06. The number of fused-ring (bicyclic) bond motifs is 2. The molecule has 1 saturated heterocycles. The Morgan fingerprint density at radius 3 is 2.48 bits per heavy atom. The molecule has 5 rings (SSSR count). The summed E-state index contributed by atoms with van der Waals surface area (Å²) in [4.78, 5) is 39.9. The molecule has 7 nitrogen and oxygen atoms in total. The Morgan fingerprint density at radius 2 is 1.82 bits per heavy atom. The lowest BCUT2D eigenvalue weighted by molar-refractivity contribution is -0.384. The highest BCUT2D eigenvalue weighted by Gasteiger charge is 2.64. The number of nitro benzene ring substituents is 1. The largest absolute Gasteiger partial charge is 0.324 e. The Bertz CT molecular complexity index is 1280. The normalized spacial score (nSPS) is 24.0. The first kappa shape index (κ1) is 21.0. The van der Waals surface area contributed by atoms with Gasteiger partial charge in [-0.2, -0.15) is 0 Å². The molecule has 2 heterocycles. The predicted molar refractivity (Wildman–Crippen MR) is 119 cm³/mol. The molecule has 1 N–H and O–H groups in total. The molecule has 0 unspecified atom stereocenters. The second-order valence-corrected chi connectivity index (χ2v) is 8.45. The minimum absolute atomic E-state index is 0.0585. The number of anilines is 1. The summed E-state index contributed by atoms with van der Waals surface area (Å²) >= 11 is 0. The summed E-state index contributed by atoms with van der Waals surface area (Å²) in [5, 5.41) is 13.9. The van der Waals surface area contributed by atoms with Gasteiger partial charge in [0.1, 0.15) is 11.4 Å². The zero-order valence-electron chi connectivity index (χ0n) is 17.7. The molecule has 8 heteroatoms. The van der Waals surface area contributed by atoms with E-state index in [2.05, 4.69) is 5.32 Å². The van der Waals surface area contributed by atoms with E-state index in [4.69, 9.17) is 0 Å². The Morgan fingerprint density at radius 1 is 1.12 bits per heavy atom. The van der Waals surface area contributed by atoms with Gasteiger partial charge in [-0.3, -0.25) is 24.6 Å². The van der Waals surface area contributed by atoms with Crippen LogP contribution < -0.4 is 5.32 Å². The quantitative estimate of drug-likeness (QED) is 0.371. The van der Waals surface area contributed by atoms with Crippen molar-refractivity contribution < 1.29 is 18.9 Å². The van der Waals surface area contributed by atoms with Crippen molar-refractivity contribution in [3.8, 4) is 0 Å². The number of hydrogen-bond acceptors (Lipinski definition) is 5. The highest BCUT2D eigenvalue weighted by atomic mass is 19.1. The Kier molecular flexibility index (Phi) is 4.83. The first-order valence-electron chi connectivity index (χ1n) is 10.5. The number of halogens is 1. The number of rotatable bonds is 4. The summed E-state index contributed by atoms with van der Waals surface area (Å²) in [5.41, 5.74) is 0.587. The van der Waals surface area contributed by atoms with Crippen LogP contribution in [0.15, 0.2) is 72.8 Å². The molecule has 166 valence electrons. The summed E-state index contributed by atoms with van der Waals surface area (Å²) in [6.07, 6.45) is 0. The average Bonchev–Trinajstić information content (AvgIpc) is 3.29. The fourth-order valence-electron chi connectivity index (χ4n) is 5.34. The molecule has 1 spiro atoms. The Balaban J connectivity index is 1.71. The van der Waals surface area contributed by atoms with Gasteiger partial charge in [0.05, 0.1) is 10.8 Å². The second-order valence-electron chi connectivity index (χ2n) is 8.45. The van der Waals surface area contributed by atoms with Gasteiger partial charge in [0, 0.05) is 41.4 Å². The first-order valence-corrected chi connectivity index (χ1v) is 10.5. The number of Topliss-reactive ketones (excluding diaryl/α,β-unsaturated/α-hetero) is 1. The number of non-ortho nitro benzene ring substituents is 1. The van der Waals surface area contributed by atoms with Crippen molar-refractivity contribution in [1.82, 2.24) is 4.90 Å². The van der Waals surface area contributed by atoms with Gasteiger partial charge in [-0.15, -0.1) is 0 Å². The van der Waals surface area contributed by atoms with Crippen LogP contribution >= 0.6 is 0 Å². The van der Waals surface area contributed by atoms with E-state index in [9.17, 15) is 24.1 Å². The molecule has 0 aliphatic carbocycles. The van der Waals surface area contributed by atoms with Crippen LogP contribution in [-0.2, 0) is 10.3 Å². The molecule has 1 amide bonds. The SMILES string of the molecule is CN1C[C@H](c2ccc([N+](=O)[O-])cc2)[C@@H](C(=O)c2ccccc2)[C@]12C(=O)Nc1ccc(F)cc12. The van der Waals surface area contributed by atoms with Gasteiger partial charge < -0.3 is 5.32 Å². The van der Waals surface area contributed by atoms with Crippen molar-refractivity contribution in [3.05, 3.63) is 105 Å². The fourth-order valence-corrected chi connectivity index (χ4v) is 5.34. The molecule has 0 aromatic heterocycles. The number of nitro groups is 1. The lowest BCUT2D eigenvalue weighted by Crippen LogP contribution is -2.51. The number of carbonyl (C=O) groups excluding carboxylic acids is 2. The monoisotopic (exact) mass is 445 g/mol. The summed E-state index contributed by atoms with van der Waals surface area (Å²) < 4.78 is 14.3. The van der Waals surface area contributed by atoms with Gasteiger partial charge in [-0.05, 0) is 30.8 Å². The van der Waals surface area contributed by atoms with E-state index in [-0.39, 0.29) is 17.4 Å². The smallest absolute Gasteiger partial charge is 0.269 e. The number of likely N-dealkylation sites (tertiary alicyclic amines) is 1. The minimum Gasteiger partial charge on any atom is -0.324 e. The van der Waals surface area contributed by atoms with Crippen LogP contribution in [0.4, 0.5) is 15.8 Å². The van der Waals surface area contributed by atoms with Gasteiger partial charge in [0.25, 0.3) is 5.69 Å². The Labute approximate surface area is 189 Å². The number of amides is 1. The number of nitrogens with zero attached hydrogens (tertiary/aromatic N) is 2. The van der Waals surface area contributed by atoms with Crippen LogP contribution in [0.1, 0.15) is 27.4 Å². The third-order valence-electron chi connectivity index (χ3n) is 6.78. The maximum absolute atomic E-state index is 14.3. The van der Waals surface area contributed by atoms with E-state index in [0.717, 1.165) is 0 Å². The molecule has 3 atom stereocenters. The number of ketones is 1. The minimum atomic E-state index is -1.41. The maximum atomic E-state index is 14.3. The zero-order chi connectivity index (χ0) is 23.3. The number of carbonyl (C=O) groups is 2. The first-order chi connectivity index (χ1) is 15.8. The van der Waals surface area contributed by atoms with Crippen LogP contribution in [0, 0.1) is 21.8 Å². The lowest BCUT2D eigenvalue weighted by Gasteiger charge is -2.35. The highest BCUT2D eigenvalue weighted by molar-refractivity contribution is 6.12. The van der Waals surface area contributed by atoms with Crippen molar-refractivity contribution >= 4 is 23.1 Å². The van der Waals surface area contributed by atoms with E-state index in [1.165, 1.54) is 30.3 Å². The van der Waals surface area contributed by atoms with Gasteiger partial charge in [-0.1, -0.05) is 42.5 Å². The predicted octanol–water partition coefficient (Wildman–Crippen LogP) is 4.11. The Hall–Kier alpha value is -3.91. The molecule has 0 saturated carbocycles. The maximum Gasteiger partial charge on any atom is 0.269 e. The van der Waals surface area contributed by atoms with E-state index in [1.807, 2.05) is 0 Å². The highest BCUT2D eigenvalue weighted by Crippen LogP contribution is 2.55. The van der Waals surface area contributed by atoms with Gasteiger partial charge in [-0.25, -0.2) is 4.39 Å². The topological polar surface area (TPSA) is 92.5 Å². The second kappa shape index (κ2) is 7.60. The molecular formula is C25H20FN3O4. The van der Waals surface area contributed by atoms with Crippen molar-refractivity contribution in [2.45, 2.75) is 11.5 Å². The zero-order valence-corrected chi connectivity index (χ0v) is 17.7. The van der Waals surface area contributed by atoms with E-state index in [0.29, 0.717) is 28.9 Å². The molecule has 1 fully saturated rings. The number of benzene rings is 3. The van der Waals surface area contributed by atoms with Crippen molar-refractivity contribution in [2.75, 3.05) is 18.9 Å². The molecule has 33 heavy (non-hydrogen) atoms.